The monoisotopic (exact) mass is 369 g/mol. The zero-order valence-corrected chi connectivity index (χ0v) is 15.4. The number of carbonyl (C=O) groups excluding carboxylic acids is 2. The molecule has 0 spiro atoms. The van der Waals surface area contributed by atoms with Gasteiger partial charge in [0.25, 0.3) is 5.91 Å². The van der Waals surface area contributed by atoms with E-state index in [0.717, 1.165) is 0 Å². The van der Waals surface area contributed by atoms with Crippen molar-refractivity contribution in [2.24, 2.45) is 5.92 Å². The van der Waals surface area contributed by atoms with Crippen molar-refractivity contribution in [1.82, 2.24) is 10.5 Å². The smallest absolute Gasteiger partial charge is 0.257 e. The van der Waals surface area contributed by atoms with Gasteiger partial charge in [0.15, 0.2) is 11.5 Å². The van der Waals surface area contributed by atoms with Gasteiger partial charge in [-0.3, -0.25) is 9.59 Å². The average Bonchev–Trinajstić information content (AvgIpc) is 3.34. The predicted molar refractivity (Wildman–Crippen MR) is 94.6 cm³/mol. The Labute approximate surface area is 156 Å². The summed E-state index contributed by atoms with van der Waals surface area (Å²) < 4.78 is 18.9. The number of ketones is 1. The molecular formula is C20H20FN3O3. The van der Waals surface area contributed by atoms with Gasteiger partial charge in [-0.15, -0.1) is 0 Å². The molecule has 1 N–H and O–H groups in total. The summed E-state index contributed by atoms with van der Waals surface area (Å²) in [4.78, 5) is 24.8. The van der Waals surface area contributed by atoms with Crippen LogP contribution in [0.25, 0.3) is 0 Å². The highest BCUT2D eigenvalue weighted by Crippen LogP contribution is 2.48. The van der Waals surface area contributed by atoms with Gasteiger partial charge in [-0.05, 0) is 37.0 Å². The van der Waals surface area contributed by atoms with E-state index < -0.39 is 5.82 Å². The maximum atomic E-state index is 13.7. The molecule has 2 unspecified atom stereocenters. The third-order valence-electron chi connectivity index (χ3n) is 4.81. The van der Waals surface area contributed by atoms with Gasteiger partial charge >= 0.3 is 0 Å². The fourth-order valence-corrected chi connectivity index (χ4v) is 3.22. The molecular weight excluding hydrogens is 349 g/mol. The second-order valence-corrected chi connectivity index (χ2v) is 7.11. The molecule has 1 amide bonds. The van der Waals surface area contributed by atoms with Crippen molar-refractivity contribution < 1.29 is 18.5 Å². The highest BCUT2D eigenvalue weighted by Gasteiger charge is 2.43. The fourth-order valence-electron chi connectivity index (χ4n) is 3.22. The van der Waals surface area contributed by atoms with Gasteiger partial charge in [-0.2, -0.15) is 5.26 Å². The topological polar surface area (TPSA) is 96.0 Å². The highest BCUT2D eigenvalue weighted by molar-refractivity contribution is 5.99. The van der Waals surface area contributed by atoms with Crippen LogP contribution in [0.3, 0.4) is 0 Å². The molecule has 2 atom stereocenters. The largest absolute Gasteiger partial charge is 0.360 e. The van der Waals surface area contributed by atoms with E-state index >= 15 is 0 Å². The van der Waals surface area contributed by atoms with Crippen LogP contribution in [-0.4, -0.2) is 23.4 Å². The molecule has 1 aromatic heterocycles. The Morgan fingerprint density at radius 1 is 1.44 bits per heavy atom. The number of hydrogen-bond donors (Lipinski definition) is 1. The van der Waals surface area contributed by atoms with Crippen LogP contribution in [0, 0.1) is 30.0 Å². The van der Waals surface area contributed by atoms with E-state index in [9.17, 15) is 14.0 Å². The number of benzene rings is 1. The van der Waals surface area contributed by atoms with Crippen LogP contribution >= 0.6 is 0 Å². The molecule has 0 bridgehead atoms. The number of Topliss-reactive ketones (excluding diaryl/α,β-unsaturated/α-hetero) is 1. The lowest BCUT2D eigenvalue weighted by molar-refractivity contribution is -0.119. The van der Waals surface area contributed by atoms with Gasteiger partial charge in [0.05, 0.1) is 17.8 Å². The SMILES string of the molecule is Cc1noc(C(C)C)c1C(=O)NCC(=O)C1CC1c1ccc(C#N)c(F)c1. The lowest BCUT2D eigenvalue weighted by atomic mass is 10.0. The van der Waals surface area contributed by atoms with Crippen molar-refractivity contribution in [3.05, 3.63) is 52.2 Å². The molecule has 6 nitrogen and oxygen atoms in total. The molecule has 1 aromatic carbocycles. The van der Waals surface area contributed by atoms with Crippen LogP contribution < -0.4 is 5.32 Å². The van der Waals surface area contributed by atoms with Crippen molar-refractivity contribution in [2.75, 3.05) is 6.54 Å². The lowest BCUT2D eigenvalue weighted by Gasteiger charge is -2.07. The summed E-state index contributed by atoms with van der Waals surface area (Å²) in [6.45, 7) is 5.38. The van der Waals surface area contributed by atoms with E-state index in [-0.39, 0.29) is 41.6 Å². The number of nitrogens with zero attached hydrogens (tertiary/aromatic N) is 2. The van der Waals surface area contributed by atoms with Gasteiger partial charge in [0.2, 0.25) is 0 Å². The van der Waals surface area contributed by atoms with Crippen molar-refractivity contribution in [3.8, 4) is 6.07 Å². The predicted octanol–water partition coefficient (Wildman–Crippen LogP) is 3.22. The zero-order chi connectivity index (χ0) is 19.7. The second kappa shape index (κ2) is 7.31. The summed E-state index contributed by atoms with van der Waals surface area (Å²) in [5.41, 5.74) is 1.55. The van der Waals surface area contributed by atoms with E-state index in [4.69, 9.17) is 9.78 Å². The number of halogens is 1. The Kier molecular flexibility index (Phi) is 5.08. The van der Waals surface area contributed by atoms with E-state index in [1.54, 1.807) is 19.1 Å². The summed E-state index contributed by atoms with van der Waals surface area (Å²) in [6, 6.07) is 6.19. The molecule has 7 heteroatoms. The third-order valence-corrected chi connectivity index (χ3v) is 4.81. The number of nitrogens with one attached hydrogen (secondary N) is 1. The van der Waals surface area contributed by atoms with Crippen molar-refractivity contribution in [2.45, 2.75) is 39.0 Å². The summed E-state index contributed by atoms with van der Waals surface area (Å²) >= 11 is 0. The van der Waals surface area contributed by atoms with E-state index in [2.05, 4.69) is 10.5 Å². The normalized spacial score (nSPS) is 18.2. The molecule has 0 radical (unpaired) electrons. The second-order valence-electron chi connectivity index (χ2n) is 7.11. The van der Waals surface area contributed by atoms with Gasteiger partial charge in [0, 0.05) is 11.8 Å². The van der Waals surface area contributed by atoms with Crippen molar-refractivity contribution in [3.63, 3.8) is 0 Å². The molecule has 27 heavy (non-hydrogen) atoms. The van der Waals surface area contributed by atoms with Crippen LogP contribution in [0.1, 0.15) is 65.0 Å². The van der Waals surface area contributed by atoms with E-state index in [1.807, 2.05) is 13.8 Å². The first-order valence-electron chi connectivity index (χ1n) is 8.80. The van der Waals surface area contributed by atoms with E-state index in [0.29, 0.717) is 29.0 Å². The first-order valence-corrected chi connectivity index (χ1v) is 8.80. The maximum absolute atomic E-state index is 13.7. The molecule has 1 aliphatic carbocycles. The Morgan fingerprint density at radius 3 is 2.81 bits per heavy atom. The minimum absolute atomic E-state index is 0.00161. The molecule has 0 saturated heterocycles. The number of nitriles is 1. The quantitative estimate of drug-likeness (QED) is 0.843. The van der Waals surface area contributed by atoms with Crippen LogP contribution in [-0.2, 0) is 4.79 Å². The van der Waals surface area contributed by atoms with E-state index in [1.165, 1.54) is 12.1 Å². The third kappa shape index (κ3) is 3.75. The van der Waals surface area contributed by atoms with Gasteiger partial charge in [0.1, 0.15) is 17.4 Å². The number of aromatic nitrogens is 1. The maximum Gasteiger partial charge on any atom is 0.257 e. The standard InChI is InChI=1S/C20H20FN3O3/c1-10(2)19-18(11(3)24-27-19)20(26)23-9-17(25)15-7-14(15)12-4-5-13(8-22)16(21)6-12/h4-6,10,14-15H,7,9H2,1-3H3,(H,23,26). The molecule has 3 rings (SSSR count). The first-order chi connectivity index (χ1) is 12.8. The number of rotatable bonds is 6. The molecule has 1 aliphatic rings. The number of amides is 1. The Hall–Kier alpha value is -3.01. The van der Waals surface area contributed by atoms with Crippen LogP contribution in [0.2, 0.25) is 0 Å². The molecule has 140 valence electrons. The molecule has 2 aromatic rings. The summed E-state index contributed by atoms with van der Waals surface area (Å²) in [5.74, 6) is -0.876. The Bertz CT molecular complexity index is 942. The van der Waals surface area contributed by atoms with Gasteiger partial charge in [-0.25, -0.2) is 4.39 Å². The summed E-state index contributed by atoms with van der Waals surface area (Å²) in [7, 11) is 0. The average molecular weight is 369 g/mol. The number of aryl methyl sites for hydroxylation is 1. The molecule has 1 heterocycles. The van der Waals surface area contributed by atoms with Gasteiger partial charge in [-0.1, -0.05) is 25.1 Å². The first kappa shape index (κ1) is 18.8. The molecule has 0 aliphatic heterocycles. The van der Waals surface area contributed by atoms with Crippen LogP contribution in [0.4, 0.5) is 4.39 Å². The minimum Gasteiger partial charge on any atom is -0.360 e. The summed E-state index contributed by atoms with van der Waals surface area (Å²) in [5, 5.41) is 15.2. The minimum atomic E-state index is -0.578. The Morgan fingerprint density at radius 2 is 2.19 bits per heavy atom. The summed E-state index contributed by atoms with van der Waals surface area (Å²) in [6.07, 6.45) is 0.615. The Balaban J connectivity index is 1.60. The highest BCUT2D eigenvalue weighted by atomic mass is 19.1. The lowest BCUT2D eigenvalue weighted by Crippen LogP contribution is -2.31. The van der Waals surface area contributed by atoms with Crippen LogP contribution in [0.5, 0.6) is 0 Å². The number of hydrogen-bond acceptors (Lipinski definition) is 5. The molecule has 1 saturated carbocycles. The fraction of sp³-hybridized carbons (Fsp3) is 0.400. The van der Waals surface area contributed by atoms with Gasteiger partial charge < -0.3 is 9.84 Å². The molecule has 1 fully saturated rings. The zero-order valence-electron chi connectivity index (χ0n) is 15.4. The van der Waals surface area contributed by atoms with Crippen molar-refractivity contribution >= 4 is 11.7 Å². The van der Waals surface area contributed by atoms with Crippen LogP contribution in [0.15, 0.2) is 22.7 Å². The number of carbonyl (C=O) groups is 2. The van der Waals surface area contributed by atoms with Crippen molar-refractivity contribution in [1.29, 1.82) is 5.26 Å².